The number of nitrogens with zero attached hydrogens (tertiary/aromatic N) is 1. The summed E-state index contributed by atoms with van der Waals surface area (Å²) >= 11 is 0. The highest BCUT2D eigenvalue weighted by molar-refractivity contribution is 7.45. The lowest BCUT2D eigenvalue weighted by atomic mass is 10.1. The number of rotatable bonds is 52. The summed E-state index contributed by atoms with van der Waals surface area (Å²) in [6.07, 6.45) is 64.4. The molecular weight excluding hydrogens is 904 g/mol. The molecule has 3 atom stereocenters. The second-order valence-corrected chi connectivity index (χ2v) is 22.2. The molecule has 0 aliphatic rings. The fourth-order valence-corrected chi connectivity index (χ4v) is 8.75. The first-order chi connectivity index (χ1) is 34.4. The normalized spacial score (nSPS) is 14.3. The van der Waals surface area contributed by atoms with E-state index in [1.54, 1.807) is 0 Å². The minimum absolute atomic E-state index is 0.0332. The number of likely N-dealkylation sites (N-methyl/N-ethyl adjacent to an activating group) is 1. The Labute approximate surface area is 438 Å². The van der Waals surface area contributed by atoms with Crippen LogP contribution in [-0.4, -0.2) is 69.4 Å². The summed E-state index contributed by atoms with van der Waals surface area (Å²) in [5.41, 5.74) is 0. The van der Waals surface area contributed by atoms with Gasteiger partial charge in [0.1, 0.15) is 19.3 Å². The Bertz CT molecular complexity index is 1450. The van der Waals surface area contributed by atoms with Gasteiger partial charge >= 0.3 is 5.97 Å². The molecule has 0 aliphatic carbocycles. The molecular formula is C61H111N2O7P. The van der Waals surface area contributed by atoms with Crippen LogP contribution in [0.4, 0.5) is 0 Å². The highest BCUT2D eigenvalue weighted by Gasteiger charge is 2.27. The molecule has 0 aliphatic heterocycles. The van der Waals surface area contributed by atoms with Gasteiger partial charge in [0, 0.05) is 12.8 Å². The lowest BCUT2D eigenvalue weighted by Crippen LogP contribution is -2.47. The van der Waals surface area contributed by atoms with Gasteiger partial charge in [-0.25, -0.2) is 0 Å². The van der Waals surface area contributed by atoms with Crippen LogP contribution in [0.1, 0.15) is 252 Å². The first-order valence-electron chi connectivity index (χ1n) is 29.2. The van der Waals surface area contributed by atoms with Crippen molar-refractivity contribution in [2.75, 3.05) is 40.9 Å². The van der Waals surface area contributed by atoms with Gasteiger partial charge in [0.25, 0.3) is 7.82 Å². The third-order valence-electron chi connectivity index (χ3n) is 12.6. The van der Waals surface area contributed by atoms with E-state index in [0.717, 1.165) is 83.5 Å². The maximum absolute atomic E-state index is 13.5. The van der Waals surface area contributed by atoms with E-state index in [1.807, 2.05) is 33.3 Å². The van der Waals surface area contributed by atoms with Gasteiger partial charge in [-0.15, -0.1) is 0 Å². The van der Waals surface area contributed by atoms with Crippen molar-refractivity contribution in [2.24, 2.45) is 0 Å². The molecule has 1 N–H and O–H groups in total. The molecule has 0 fully saturated rings. The zero-order chi connectivity index (χ0) is 52.2. The molecule has 0 radical (unpaired) electrons. The number of nitrogens with one attached hydrogen (secondary N) is 1. The molecule has 0 heterocycles. The zero-order valence-corrected chi connectivity index (χ0v) is 47.8. The van der Waals surface area contributed by atoms with Gasteiger partial charge < -0.3 is 28.5 Å². The second-order valence-electron chi connectivity index (χ2n) is 20.8. The van der Waals surface area contributed by atoms with Crippen molar-refractivity contribution >= 4 is 19.7 Å². The third kappa shape index (κ3) is 52.1. The summed E-state index contributed by atoms with van der Waals surface area (Å²) in [5.74, 6) is -0.596. The molecule has 0 bridgehead atoms. The van der Waals surface area contributed by atoms with E-state index in [2.05, 4.69) is 86.8 Å². The van der Waals surface area contributed by atoms with E-state index in [-0.39, 0.29) is 31.3 Å². The van der Waals surface area contributed by atoms with E-state index in [0.29, 0.717) is 23.9 Å². The Balaban J connectivity index is 5.41. The Morgan fingerprint density at radius 1 is 0.493 bits per heavy atom. The quantitative estimate of drug-likeness (QED) is 0.0212. The first-order valence-corrected chi connectivity index (χ1v) is 30.7. The van der Waals surface area contributed by atoms with Gasteiger partial charge in [0.2, 0.25) is 5.91 Å². The van der Waals surface area contributed by atoms with Gasteiger partial charge in [0.05, 0.1) is 33.8 Å². The number of hydrogen-bond acceptors (Lipinski definition) is 7. The lowest BCUT2D eigenvalue weighted by Gasteiger charge is -2.30. The highest BCUT2D eigenvalue weighted by Crippen LogP contribution is 2.38. The molecule has 0 aromatic heterocycles. The topological polar surface area (TPSA) is 114 Å². The fraction of sp³-hybridized carbons (Fsp3) is 0.770. The first kappa shape index (κ1) is 68.5. The molecule has 0 rings (SSSR count). The van der Waals surface area contributed by atoms with Crippen molar-refractivity contribution in [3.05, 3.63) is 72.9 Å². The zero-order valence-electron chi connectivity index (χ0n) is 46.9. The van der Waals surface area contributed by atoms with Crippen LogP contribution in [-0.2, 0) is 27.9 Å². The summed E-state index contributed by atoms with van der Waals surface area (Å²) in [7, 11) is 1.15. The number of allylic oxidation sites excluding steroid dienone is 11. The van der Waals surface area contributed by atoms with Crippen LogP contribution in [0.3, 0.4) is 0 Å². The molecule has 71 heavy (non-hydrogen) atoms. The number of carbonyl (C=O) groups excluding carboxylic acids is 2. The molecule has 0 aromatic rings. The predicted octanol–water partition coefficient (Wildman–Crippen LogP) is 17.0. The van der Waals surface area contributed by atoms with Crippen LogP contribution in [0.5, 0.6) is 0 Å². The molecule has 10 heteroatoms. The largest absolute Gasteiger partial charge is 0.756 e. The maximum atomic E-state index is 13.5. The number of hydrogen-bond donors (Lipinski definition) is 1. The number of ether oxygens (including phenoxy) is 1. The number of esters is 1. The van der Waals surface area contributed by atoms with Crippen molar-refractivity contribution < 1.29 is 37.3 Å². The van der Waals surface area contributed by atoms with Gasteiger partial charge in [-0.05, 0) is 102 Å². The highest BCUT2D eigenvalue weighted by atomic mass is 31.2. The number of phosphoric acid groups is 1. The standard InChI is InChI=1S/C61H111N2O7P/c1-7-10-13-16-19-22-25-28-30-31-32-33-34-35-38-41-44-47-50-53-60(64)62-58(57-69-71(66,67)68-56-55-63(4,5)6)59(52-49-46-43-40-37-27-24-21-18-15-12-9-3)70-61(65)54-51-48-45-42-39-36-29-26-23-20-17-14-11-8-2/h19,22,28,30,32-33,35-36,38-39,49,52,58-59H,7-18,20-21,23-27,29,31,34,37,40-48,50-51,53-57H2,1-6H3,(H-,62,64,66,67)/b22-19-,30-28-,33-32-,38-35-,39-36-,52-49-. The molecule has 0 spiro atoms. The Morgan fingerprint density at radius 3 is 1.32 bits per heavy atom. The minimum atomic E-state index is -4.71. The number of phosphoric ester groups is 1. The fourth-order valence-electron chi connectivity index (χ4n) is 8.03. The molecule has 3 unspecified atom stereocenters. The van der Waals surface area contributed by atoms with Crippen molar-refractivity contribution in [3.8, 4) is 0 Å². The average Bonchev–Trinajstić information content (AvgIpc) is 3.33. The number of unbranched alkanes of at least 4 members (excludes halogenated alkanes) is 26. The summed E-state index contributed by atoms with van der Waals surface area (Å²) in [6, 6.07) is -0.912. The minimum Gasteiger partial charge on any atom is -0.756 e. The van der Waals surface area contributed by atoms with E-state index in [4.69, 9.17) is 13.8 Å². The molecule has 412 valence electrons. The van der Waals surface area contributed by atoms with Crippen LogP contribution in [0.15, 0.2) is 72.9 Å². The van der Waals surface area contributed by atoms with Gasteiger partial charge in [-0.2, -0.15) is 0 Å². The van der Waals surface area contributed by atoms with Gasteiger partial charge in [0.15, 0.2) is 0 Å². The van der Waals surface area contributed by atoms with E-state index in [1.165, 1.54) is 122 Å². The summed E-state index contributed by atoms with van der Waals surface area (Å²) in [6.45, 7) is 6.77. The maximum Gasteiger partial charge on any atom is 0.306 e. The molecule has 1 amide bonds. The molecule has 0 saturated carbocycles. The van der Waals surface area contributed by atoms with Crippen LogP contribution >= 0.6 is 7.82 Å². The molecule has 0 aromatic carbocycles. The monoisotopic (exact) mass is 1010 g/mol. The Morgan fingerprint density at radius 2 is 0.859 bits per heavy atom. The third-order valence-corrected chi connectivity index (χ3v) is 13.6. The summed E-state index contributed by atoms with van der Waals surface area (Å²) in [4.78, 5) is 39.8. The van der Waals surface area contributed by atoms with Crippen molar-refractivity contribution in [1.29, 1.82) is 0 Å². The van der Waals surface area contributed by atoms with E-state index in [9.17, 15) is 19.0 Å². The van der Waals surface area contributed by atoms with Crippen LogP contribution in [0.2, 0.25) is 0 Å². The smallest absolute Gasteiger partial charge is 0.306 e. The number of quaternary nitrogens is 1. The Hall–Kier alpha value is -2.55. The van der Waals surface area contributed by atoms with Crippen molar-refractivity contribution in [2.45, 2.75) is 264 Å². The van der Waals surface area contributed by atoms with Crippen LogP contribution in [0, 0.1) is 0 Å². The van der Waals surface area contributed by atoms with E-state index >= 15 is 0 Å². The van der Waals surface area contributed by atoms with Gasteiger partial charge in [-0.3, -0.25) is 14.2 Å². The summed E-state index contributed by atoms with van der Waals surface area (Å²) < 4.78 is 30.2. The molecule has 9 nitrogen and oxygen atoms in total. The van der Waals surface area contributed by atoms with Crippen molar-refractivity contribution in [1.82, 2.24) is 5.32 Å². The number of carbonyl (C=O) groups is 2. The number of amides is 1. The average molecular weight is 1020 g/mol. The second kappa shape index (κ2) is 51.0. The van der Waals surface area contributed by atoms with Crippen LogP contribution in [0.25, 0.3) is 0 Å². The van der Waals surface area contributed by atoms with Gasteiger partial charge in [-0.1, -0.05) is 210 Å². The predicted molar refractivity (Wildman–Crippen MR) is 302 cm³/mol. The summed E-state index contributed by atoms with van der Waals surface area (Å²) in [5, 5.41) is 3.00. The molecule has 0 saturated heterocycles. The SMILES string of the molecule is CCCCC/C=C\C/C=C\C/C=C\C/C=C\CCCCCC(=O)NC(COP(=O)([O-])OCC[N+](C)(C)C)C(/C=C\CCCCCCCCCCCC)OC(=O)CCCCC/C=C\CCCCCCCCC. The van der Waals surface area contributed by atoms with E-state index < -0.39 is 26.6 Å². The lowest BCUT2D eigenvalue weighted by molar-refractivity contribution is -0.870. The Kier molecular flexibility index (Phi) is 49.1. The van der Waals surface area contributed by atoms with Crippen LogP contribution < -0.4 is 10.2 Å². The van der Waals surface area contributed by atoms with Crippen molar-refractivity contribution in [3.63, 3.8) is 0 Å².